The molecule has 0 aromatic heterocycles. The summed E-state index contributed by atoms with van der Waals surface area (Å²) in [5, 5.41) is 14.7. The van der Waals surface area contributed by atoms with Gasteiger partial charge in [0.1, 0.15) is 27.0 Å². The van der Waals surface area contributed by atoms with Crippen molar-refractivity contribution in [2.75, 3.05) is 31.1 Å². The maximum atomic E-state index is 17.4. The normalized spacial score (nSPS) is 19.3. The number of hydrogen-bond donors (Lipinski definition) is 0. The van der Waals surface area contributed by atoms with Gasteiger partial charge in [-0.15, -0.1) is 0 Å². The van der Waals surface area contributed by atoms with Crippen LogP contribution < -0.4 is 15.2 Å². The largest absolute Gasteiger partial charge is 0.545 e. The number of carboxylic acid groups (broad SMARTS) is 1. The number of rotatable bonds is 4. The molecule has 0 bridgehead atoms. The molecule has 0 radical (unpaired) electrons. The second-order valence-electron chi connectivity index (χ2n) is 15.7. The molecule has 0 amide bonds. The van der Waals surface area contributed by atoms with Gasteiger partial charge in [0.2, 0.25) is 0 Å². The number of carboxylic acids is 1. The zero-order valence-electron chi connectivity index (χ0n) is 27.6. The minimum absolute atomic E-state index is 0.288. The Kier molecular flexibility index (Phi) is 7.42. The standard InChI is InChI=1S/C37H43F3N2O2Si/c1-36(2,3)34(37(4,5)6)30-31(38)28(29(35(43)44)32(39)33(30)40)27-23-13-11-21(41-15-9-16-41)19-25(23)45(7,8)26-20-22(12-14-24(26)27)42-17-10-18-42/h11-14,19-20,34H,9-10,15-18H2,1-8H3. The first-order chi connectivity index (χ1) is 20.9. The van der Waals surface area contributed by atoms with Gasteiger partial charge in [-0.2, -0.15) is 0 Å². The number of aromatic carboxylic acids is 1. The highest BCUT2D eigenvalue weighted by molar-refractivity contribution is 6.98. The summed E-state index contributed by atoms with van der Waals surface area (Å²) < 4.78 is 52.0. The second kappa shape index (κ2) is 10.6. The van der Waals surface area contributed by atoms with E-state index in [1.54, 1.807) is 0 Å². The van der Waals surface area contributed by atoms with Gasteiger partial charge in [0, 0.05) is 47.6 Å². The summed E-state index contributed by atoms with van der Waals surface area (Å²) in [5.41, 5.74) is 0.492. The fourth-order valence-electron chi connectivity index (χ4n) is 8.16. The Bertz CT molecular complexity index is 1740. The van der Waals surface area contributed by atoms with E-state index >= 15 is 13.2 Å². The van der Waals surface area contributed by atoms with Crippen LogP contribution in [0.25, 0.3) is 5.57 Å². The lowest BCUT2D eigenvalue weighted by atomic mass is 9.63. The van der Waals surface area contributed by atoms with Gasteiger partial charge >= 0.3 is 0 Å². The topological polar surface area (TPSA) is 46.4 Å². The lowest BCUT2D eigenvalue weighted by Crippen LogP contribution is -2.50. The number of anilines is 1. The van der Waals surface area contributed by atoms with Crippen molar-refractivity contribution < 1.29 is 27.6 Å². The zero-order chi connectivity index (χ0) is 32.8. The molecule has 3 heterocycles. The Morgan fingerprint density at radius 2 is 1.58 bits per heavy atom. The number of fused-ring (bicyclic) bond motifs is 2. The van der Waals surface area contributed by atoms with E-state index in [9.17, 15) is 9.90 Å². The van der Waals surface area contributed by atoms with Gasteiger partial charge in [0.15, 0.2) is 17.3 Å². The highest BCUT2D eigenvalue weighted by Crippen LogP contribution is 2.52. The average Bonchev–Trinajstić information content (AvgIpc) is 2.86. The van der Waals surface area contributed by atoms with E-state index in [1.165, 1.54) is 0 Å². The third kappa shape index (κ3) is 4.95. The molecule has 4 aliphatic rings. The van der Waals surface area contributed by atoms with Crippen molar-refractivity contribution >= 4 is 36.2 Å². The van der Waals surface area contributed by atoms with Crippen LogP contribution >= 0.6 is 0 Å². The van der Waals surface area contributed by atoms with Gasteiger partial charge in [-0.1, -0.05) is 60.7 Å². The Morgan fingerprint density at radius 3 is 2.09 bits per heavy atom. The van der Waals surface area contributed by atoms with Crippen molar-refractivity contribution in [2.24, 2.45) is 10.8 Å². The molecule has 8 heteroatoms. The van der Waals surface area contributed by atoms with Gasteiger partial charge in [0.25, 0.3) is 0 Å². The van der Waals surface area contributed by atoms with Crippen LogP contribution in [0.5, 0.6) is 0 Å². The molecular formula is C37H43F3N2O2Si. The fraction of sp³-hybridized carbons (Fsp3) is 0.459. The van der Waals surface area contributed by atoms with Crippen LogP contribution in [0.3, 0.4) is 0 Å². The number of allylic oxidation sites excluding steroid dienone is 5. The zero-order valence-corrected chi connectivity index (χ0v) is 28.6. The summed E-state index contributed by atoms with van der Waals surface area (Å²) in [6.45, 7) is 19.5. The first-order valence-corrected chi connectivity index (χ1v) is 19.0. The molecule has 6 rings (SSSR count). The molecule has 2 fully saturated rings. The van der Waals surface area contributed by atoms with Crippen molar-refractivity contribution in [2.45, 2.75) is 73.4 Å². The first kappa shape index (κ1) is 31.6. The number of benzene rings is 2. The van der Waals surface area contributed by atoms with E-state index in [2.05, 4.69) is 34.7 Å². The molecule has 3 aliphatic heterocycles. The van der Waals surface area contributed by atoms with Crippen LogP contribution in [-0.2, 0) is 0 Å². The molecule has 0 N–H and O–H groups in total. The lowest BCUT2D eigenvalue weighted by Gasteiger charge is -2.43. The highest BCUT2D eigenvalue weighted by Gasteiger charge is 2.46. The van der Waals surface area contributed by atoms with Crippen LogP contribution in [0, 0.1) is 28.3 Å². The quantitative estimate of drug-likeness (QED) is 0.220. The van der Waals surface area contributed by atoms with Crippen LogP contribution in [0.4, 0.5) is 18.9 Å². The predicted molar refractivity (Wildman–Crippen MR) is 176 cm³/mol. The molecule has 1 aliphatic carbocycles. The van der Waals surface area contributed by atoms with Crippen molar-refractivity contribution in [3.05, 3.63) is 86.9 Å². The van der Waals surface area contributed by atoms with Crippen LogP contribution in [0.15, 0.2) is 47.2 Å². The summed E-state index contributed by atoms with van der Waals surface area (Å²) in [6.07, 6.45) is 8.27. The molecule has 0 unspecified atom stereocenters. The molecular weight excluding hydrogens is 589 g/mol. The third-order valence-electron chi connectivity index (χ3n) is 10.2. The van der Waals surface area contributed by atoms with Gasteiger partial charge < -0.3 is 14.8 Å². The number of hydrogen-bond acceptors (Lipinski definition) is 3. The van der Waals surface area contributed by atoms with E-state index in [0.717, 1.165) is 60.8 Å². The molecule has 2 aromatic carbocycles. The molecule has 45 heavy (non-hydrogen) atoms. The van der Waals surface area contributed by atoms with E-state index in [1.807, 2.05) is 65.8 Å². The van der Waals surface area contributed by atoms with Crippen LogP contribution in [0.1, 0.15) is 87.4 Å². The minimum atomic E-state index is -2.45. The van der Waals surface area contributed by atoms with E-state index in [0.29, 0.717) is 11.1 Å². The van der Waals surface area contributed by atoms with Crippen molar-refractivity contribution in [1.29, 1.82) is 0 Å². The molecule has 0 spiro atoms. The Labute approximate surface area is 265 Å². The van der Waals surface area contributed by atoms with E-state index in [-0.39, 0.29) is 5.57 Å². The Balaban J connectivity index is 1.75. The monoisotopic (exact) mass is 632 g/mol. The lowest BCUT2D eigenvalue weighted by molar-refractivity contribution is -0.582. The molecule has 0 saturated carbocycles. The number of nitrogens with zero attached hydrogens (tertiary/aromatic N) is 2. The molecule has 0 atom stereocenters. The Morgan fingerprint density at radius 1 is 0.933 bits per heavy atom. The SMILES string of the molecule is CC(C)(C)C(c1c(F)c(F)c(C(=O)[O-])c(C2=C3C=CC(=[N+]4CCC4)C=C3[Si](C)(C)c3cc(N4CCC4)ccc32)c1F)C(C)(C)C. The van der Waals surface area contributed by atoms with Crippen molar-refractivity contribution in [1.82, 2.24) is 0 Å². The maximum absolute atomic E-state index is 17.4. The van der Waals surface area contributed by atoms with Gasteiger partial charge in [-0.25, -0.2) is 17.7 Å². The van der Waals surface area contributed by atoms with Crippen molar-refractivity contribution in [3.8, 4) is 0 Å². The average molecular weight is 633 g/mol. The van der Waals surface area contributed by atoms with E-state index in [4.69, 9.17) is 0 Å². The molecule has 2 saturated heterocycles. The summed E-state index contributed by atoms with van der Waals surface area (Å²) in [6, 6.07) is 6.06. The molecule has 238 valence electrons. The van der Waals surface area contributed by atoms with Crippen molar-refractivity contribution in [3.63, 3.8) is 0 Å². The van der Waals surface area contributed by atoms with E-state index < -0.39 is 64.9 Å². The van der Waals surface area contributed by atoms with Gasteiger partial charge in [-0.05, 0) is 68.5 Å². The Hall–Kier alpha value is -3.39. The second-order valence-corrected chi connectivity index (χ2v) is 20.0. The minimum Gasteiger partial charge on any atom is -0.545 e. The summed E-state index contributed by atoms with van der Waals surface area (Å²) in [4.78, 5) is 15.0. The predicted octanol–water partition coefficient (Wildman–Crippen LogP) is 6.48. The first-order valence-electron chi connectivity index (χ1n) is 16.0. The number of carbonyl (C=O) groups is 1. The van der Waals surface area contributed by atoms with Crippen LogP contribution in [-0.4, -0.2) is 50.5 Å². The highest BCUT2D eigenvalue weighted by atomic mass is 28.3. The molecule has 4 nitrogen and oxygen atoms in total. The van der Waals surface area contributed by atoms with Gasteiger partial charge in [-0.3, -0.25) is 0 Å². The van der Waals surface area contributed by atoms with Gasteiger partial charge in [0.05, 0.1) is 12.4 Å². The number of carbonyl (C=O) groups excluding carboxylic acids is 1. The number of halogens is 3. The third-order valence-corrected chi connectivity index (χ3v) is 13.7. The summed E-state index contributed by atoms with van der Waals surface area (Å²) >= 11 is 0. The summed E-state index contributed by atoms with van der Waals surface area (Å²) in [5.74, 6) is -6.78. The van der Waals surface area contributed by atoms with Crippen LogP contribution in [0.2, 0.25) is 13.1 Å². The maximum Gasteiger partial charge on any atom is 0.199 e. The smallest absolute Gasteiger partial charge is 0.199 e. The fourth-order valence-corrected chi connectivity index (χ4v) is 11.2. The summed E-state index contributed by atoms with van der Waals surface area (Å²) in [7, 11) is -2.45. The molecule has 2 aromatic rings.